The zero-order valence-electron chi connectivity index (χ0n) is 18.4. The maximum Gasteiger partial charge on any atom is 0.336 e. The van der Waals surface area contributed by atoms with Gasteiger partial charge in [0.05, 0.1) is 5.56 Å². The average Bonchev–Trinajstić information content (AvgIpc) is 2.74. The molecule has 1 aliphatic carbocycles. The van der Waals surface area contributed by atoms with Crippen molar-refractivity contribution in [2.75, 3.05) is 37.7 Å². The molecule has 3 aliphatic rings. The quantitative estimate of drug-likeness (QED) is 0.722. The molecule has 0 bridgehead atoms. The van der Waals surface area contributed by atoms with Crippen molar-refractivity contribution in [1.82, 2.24) is 4.90 Å². The first-order valence-corrected chi connectivity index (χ1v) is 11.7. The molecule has 2 heterocycles. The van der Waals surface area contributed by atoms with Gasteiger partial charge < -0.3 is 24.4 Å². The normalized spacial score (nSPS) is 25.5. The summed E-state index contributed by atoms with van der Waals surface area (Å²) < 4.78 is 11.8. The molecule has 0 atom stereocenters. The predicted molar refractivity (Wildman–Crippen MR) is 118 cm³/mol. The summed E-state index contributed by atoms with van der Waals surface area (Å²) in [6, 6.07) is 4.79. The van der Waals surface area contributed by atoms with Gasteiger partial charge in [-0.3, -0.25) is 0 Å². The minimum atomic E-state index is -0.887. The summed E-state index contributed by atoms with van der Waals surface area (Å²) in [5.41, 5.74) is 2.16. The number of ether oxygens (including phenoxy) is 2. The standard InChI is InChI=1S/C24H36N2O4/c1-3-26(18-7-11-29-12-8-18)23-16-21(15-22(17(23)2)24(27)28)30-20-13-19(14-20)25-9-5-4-6-10-25/h15-16,18-20H,3-14H2,1-2H3,(H,27,28). The Hall–Kier alpha value is -1.79. The van der Waals surface area contributed by atoms with Crippen molar-refractivity contribution in [3.05, 3.63) is 23.3 Å². The Morgan fingerprint density at radius 1 is 1.20 bits per heavy atom. The highest BCUT2D eigenvalue weighted by atomic mass is 16.5. The van der Waals surface area contributed by atoms with Gasteiger partial charge >= 0.3 is 5.97 Å². The van der Waals surface area contributed by atoms with Crippen molar-refractivity contribution in [3.8, 4) is 5.75 Å². The summed E-state index contributed by atoms with van der Waals surface area (Å²) in [6.45, 7) is 8.86. The number of likely N-dealkylation sites (tertiary alicyclic amines) is 1. The van der Waals surface area contributed by atoms with Crippen molar-refractivity contribution < 1.29 is 19.4 Å². The number of aromatic carboxylic acids is 1. The zero-order chi connectivity index (χ0) is 21.1. The van der Waals surface area contributed by atoms with Gasteiger partial charge in [-0.2, -0.15) is 0 Å². The maximum absolute atomic E-state index is 11.9. The van der Waals surface area contributed by atoms with E-state index < -0.39 is 5.97 Å². The molecule has 3 fully saturated rings. The SMILES string of the molecule is CCN(c1cc(OC2CC(N3CCCCC3)C2)cc(C(=O)O)c1C)C1CCOCC1. The van der Waals surface area contributed by atoms with Crippen LogP contribution in [-0.2, 0) is 4.74 Å². The summed E-state index contributed by atoms with van der Waals surface area (Å²) in [5, 5.41) is 9.80. The van der Waals surface area contributed by atoms with E-state index in [4.69, 9.17) is 9.47 Å². The minimum Gasteiger partial charge on any atom is -0.490 e. The van der Waals surface area contributed by atoms with Crippen LogP contribution in [0, 0.1) is 6.92 Å². The number of rotatable bonds is 7. The van der Waals surface area contributed by atoms with Gasteiger partial charge in [-0.05, 0) is 64.3 Å². The lowest BCUT2D eigenvalue weighted by Crippen LogP contribution is -2.50. The molecule has 166 valence electrons. The number of hydrogen-bond donors (Lipinski definition) is 1. The molecule has 0 aromatic heterocycles. The molecule has 0 spiro atoms. The Bertz CT molecular complexity index is 735. The maximum atomic E-state index is 11.9. The second-order valence-electron chi connectivity index (χ2n) is 9.01. The summed E-state index contributed by atoms with van der Waals surface area (Å²) in [4.78, 5) is 16.9. The van der Waals surface area contributed by atoms with Crippen molar-refractivity contribution in [2.24, 2.45) is 0 Å². The largest absolute Gasteiger partial charge is 0.490 e. The molecule has 2 saturated heterocycles. The first-order chi connectivity index (χ1) is 14.6. The number of carbonyl (C=O) groups is 1. The van der Waals surface area contributed by atoms with Crippen LogP contribution >= 0.6 is 0 Å². The molecule has 1 saturated carbocycles. The van der Waals surface area contributed by atoms with Crippen molar-refractivity contribution in [2.45, 2.75) is 77.0 Å². The fourth-order valence-electron chi connectivity index (χ4n) is 5.29. The topological polar surface area (TPSA) is 62.2 Å². The van der Waals surface area contributed by atoms with Crippen LogP contribution in [0.15, 0.2) is 12.1 Å². The van der Waals surface area contributed by atoms with Crippen molar-refractivity contribution in [3.63, 3.8) is 0 Å². The van der Waals surface area contributed by atoms with Gasteiger partial charge in [0.1, 0.15) is 11.9 Å². The van der Waals surface area contributed by atoms with Gasteiger partial charge in [0, 0.05) is 56.4 Å². The first-order valence-electron chi connectivity index (χ1n) is 11.7. The van der Waals surface area contributed by atoms with E-state index in [9.17, 15) is 9.90 Å². The van der Waals surface area contributed by atoms with E-state index in [-0.39, 0.29) is 6.10 Å². The lowest BCUT2D eigenvalue weighted by molar-refractivity contribution is 0.00884. The fraction of sp³-hybridized carbons (Fsp3) is 0.708. The average molecular weight is 417 g/mol. The van der Waals surface area contributed by atoms with Gasteiger partial charge in [-0.15, -0.1) is 0 Å². The van der Waals surface area contributed by atoms with Crippen LogP contribution in [0.4, 0.5) is 5.69 Å². The lowest BCUT2D eigenvalue weighted by Gasteiger charge is -2.44. The van der Waals surface area contributed by atoms with E-state index in [0.29, 0.717) is 23.4 Å². The number of nitrogens with zero attached hydrogens (tertiary/aromatic N) is 2. The molecule has 6 heteroatoms. The Labute approximate surface area is 180 Å². The molecule has 1 aromatic rings. The van der Waals surface area contributed by atoms with Gasteiger partial charge in [0.15, 0.2) is 0 Å². The Morgan fingerprint density at radius 3 is 2.53 bits per heavy atom. The van der Waals surface area contributed by atoms with Gasteiger partial charge in [-0.1, -0.05) is 6.42 Å². The third-order valence-corrected chi connectivity index (χ3v) is 7.15. The molecule has 30 heavy (non-hydrogen) atoms. The molecular formula is C24H36N2O4. The van der Waals surface area contributed by atoms with E-state index in [1.54, 1.807) is 6.07 Å². The van der Waals surface area contributed by atoms with Crippen LogP contribution in [0.2, 0.25) is 0 Å². The van der Waals surface area contributed by atoms with Gasteiger partial charge in [0.2, 0.25) is 0 Å². The second kappa shape index (κ2) is 9.56. The number of carboxylic acid groups (broad SMARTS) is 1. The first kappa shape index (κ1) is 21.4. The fourth-order valence-corrected chi connectivity index (χ4v) is 5.29. The van der Waals surface area contributed by atoms with Crippen LogP contribution in [0.3, 0.4) is 0 Å². The predicted octanol–water partition coefficient (Wildman–Crippen LogP) is 4.09. The molecule has 1 aromatic carbocycles. The molecule has 2 aliphatic heterocycles. The molecular weight excluding hydrogens is 380 g/mol. The lowest BCUT2D eigenvalue weighted by atomic mass is 9.86. The molecule has 0 amide bonds. The Balaban J connectivity index is 1.49. The smallest absolute Gasteiger partial charge is 0.336 e. The Kier molecular flexibility index (Phi) is 6.84. The van der Waals surface area contributed by atoms with Crippen LogP contribution in [-0.4, -0.2) is 67.0 Å². The molecule has 1 N–H and O–H groups in total. The summed E-state index contributed by atoms with van der Waals surface area (Å²) >= 11 is 0. The number of piperidine rings is 1. The Morgan fingerprint density at radius 2 is 1.90 bits per heavy atom. The minimum absolute atomic E-state index is 0.187. The van der Waals surface area contributed by atoms with E-state index in [2.05, 4.69) is 22.8 Å². The second-order valence-corrected chi connectivity index (χ2v) is 9.01. The monoisotopic (exact) mass is 416 g/mol. The highest BCUT2D eigenvalue weighted by molar-refractivity contribution is 5.92. The molecule has 4 rings (SSSR count). The highest BCUT2D eigenvalue weighted by Crippen LogP contribution is 2.36. The van der Waals surface area contributed by atoms with Crippen LogP contribution in [0.1, 0.15) is 67.8 Å². The highest BCUT2D eigenvalue weighted by Gasteiger charge is 2.36. The summed E-state index contributed by atoms with van der Waals surface area (Å²) in [6.07, 6.45) is 8.20. The van der Waals surface area contributed by atoms with E-state index in [1.165, 1.54) is 32.4 Å². The van der Waals surface area contributed by atoms with E-state index >= 15 is 0 Å². The van der Waals surface area contributed by atoms with E-state index in [0.717, 1.165) is 56.7 Å². The number of carboxylic acids is 1. The van der Waals surface area contributed by atoms with Crippen LogP contribution in [0.5, 0.6) is 5.75 Å². The van der Waals surface area contributed by atoms with Crippen LogP contribution < -0.4 is 9.64 Å². The third-order valence-electron chi connectivity index (χ3n) is 7.15. The number of benzene rings is 1. The van der Waals surface area contributed by atoms with E-state index in [1.807, 2.05) is 6.92 Å². The number of anilines is 1. The molecule has 6 nitrogen and oxygen atoms in total. The molecule has 0 radical (unpaired) electrons. The summed E-state index contributed by atoms with van der Waals surface area (Å²) in [7, 11) is 0. The van der Waals surface area contributed by atoms with Crippen LogP contribution in [0.25, 0.3) is 0 Å². The molecule has 0 unspecified atom stereocenters. The third kappa shape index (κ3) is 4.59. The van der Waals surface area contributed by atoms with Crippen molar-refractivity contribution in [1.29, 1.82) is 0 Å². The van der Waals surface area contributed by atoms with Gasteiger partial charge in [-0.25, -0.2) is 4.79 Å². The number of hydrogen-bond acceptors (Lipinski definition) is 5. The summed E-state index contributed by atoms with van der Waals surface area (Å²) in [5.74, 6) is -0.192. The zero-order valence-corrected chi connectivity index (χ0v) is 18.4. The van der Waals surface area contributed by atoms with Crippen molar-refractivity contribution >= 4 is 11.7 Å². The van der Waals surface area contributed by atoms with Gasteiger partial charge in [0.25, 0.3) is 0 Å².